The first-order valence-corrected chi connectivity index (χ1v) is 9.62. The molecule has 28 heavy (non-hydrogen) atoms. The zero-order valence-electron chi connectivity index (χ0n) is 16.0. The molecule has 0 radical (unpaired) electrons. The van der Waals surface area contributed by atoms with Gasteiger partial charge >= 0.3 is 0 Å². The van der Waals surface area contributed by atoms with Gasteiger partial charge in [0, 0.05) is 6.20 Å². The van der Waals surface area contributed by atoms with Gasteiger partial charge in [-0.1, -0.05) is 113 Å². The summed E-state index contributed by atoms with van der Waals surface area (Å²) in [6.07, 6.45) is 1.86. The van der Waals surface area contributed by atoms with E-state index in [0.29, 0.717) is 0 Å². The van der Waals surface area contributed by atoms with Crippen LogP contribution in [0.15, 0.2) is 115 Å². The molecule has 1 aromatic heterocycles. The van der Waals surface area contributed by atoms with Crippen LogP contribution < -0.4 is 10.9 Å². The predicted octanol–water partition coefficient (Wildman–Crippen LogP) is 4.86. The van der Waals surface area contributed by atoms with Crippen LogP contribution in [0.5, 0.6) is 0 Å². The molecular formula is C26H22BN. The molecule has 0 fully saturated rings. The van der Waals surface area contributed by atoms with Crippen molar-refractivity contribution >= 4 is 28.7 Å². The van der Waals surface area contributed by atoms with E-state index in [4.69, 9.17) is 0 Å². The molecule has 0 unspecified atom stereocenters. The SMILES string of the molecule is C/C(=C(/B(c1ccccc1)c1ccccc1)c1ccccc1)c1ccccn1. The maximum absolute atomic E-state index is 4.64. The number of rotatable bonds is 5. The lowest BCUT2D eigenvalue weighted by Crippen LogP contribution is -2.43. The molecule has 4 rings (SSSR count). The van der Waals surface area contributed by atoms with Crippen LogP contribution in [0.2, 0.25) is 0 Å². The summed E-state index contributed by atoms with van der Waals surface area (Å²) < 4.78 is 0. The van der Waals surface area contributed by atoms with Gasteiger partial charge in [0.1, 0.15) is 0 Å². The van der Waals surface area contributed by atoms with Crippen LogP contribution >= 0.6 is 0 Å². The molecule has 0 atom stereocenters. The third kappa shape index (κ3) is 3.82. The summed E-state index contributed by atoms with van der Waals surface area (Å²) in [7, 11) is 0. The van der Waals surface area contributed by atoms with Crippen molar-refractivity contribution in [3.8, 4) is 0 Å². The third-order valence-corrected chi connectivity index (χ3v) is 5.09. The van der Waals surface area contributed by atoms with E-state index in [1.165, 1.54) is 27.5 Å². The van der Waals surface area contributed by atoms with E-state index in [-0.39, 0.29) is 6.71 Å². The number of nitrogens with zero attached hydrogens (tertiary/aromatic N) is 1. The quantitative estimate of drug-likeness (QED) is 0.464. The maximum Gasteiger partial charge on any atom is 0.242 e. The van der Waals surface area contributed by atoms with Gasteiger partial charge < -0.3 is 0 Å². The fourth-order valence-corrected chi connectivity index (χ4v) is 3.76. The van der Waals surface area contributed by atoms with Gasteiger partial charge in [0.2, 0.25) is 6.71 Å². The second-order valence-corrected chi connectivity index (χ2v) is 6.87. The molecule has 2 heteroatoms. The number of allylic oxidation sites excluding steroid dienone is 1. The molecule has 0 saturated heterocycles. The predicted molar refractivity (Wildman–Crippen MR) is 121 cm³/mol. The third-order valence-electron chi connectivity index (χ3n) is 5.09. The number of hydrogen-bond donors (Lipinski definition) is 0. The first-order chi connectivity index (χ1) is 13.8. The van der Waals surface area contributed by atoms with E-state index in [1.54, 1.807) is 0 Å². The Morgan fingerprint density at radius 2 is 1.11 bits per heavy atom. The topological polar surface area (TPSA) is 12.9 Å². The summed E-state index contributed by atoms with van der Waals surface area (Å²) >= 11 is 0. The summed E-state index contributed by atoms with van der Waals surface area (Å²) in [5, 5.41) is 0. The minimum Gasteiger partial charge on any atom is -0.257 e. The van der Waals surface area contributed by atoms with Crippen molar-refractivity contribution in [3.63, 3.8) is 0 Å². The van der Waals surface area contributed by atoms with Crippen LogP contribution in [-0.2, 0) is 0 Å². The van der Waals surface area contributed by atoms with E-state index in [9.17, 15) is 0 Å². The Balaban J connectivity index is 2.00. The number of hydrogen-bond acceptors (Lipinski definition) is 1. The molecular weight excluding hydrogens is 337 g/mol. The summed E-state index contributed by atoms with van der Waals surface area (Å²) in [5.41, 5.74) is 7.29. The lowest BCUT2D eigenvalue weighted by molar-refractivity contribution is 1.27. The van der Waals surface area contributed by atoms with E-state index in [2.05, 4.69) is 115 Å². The normalized spacial score (nSPS) is 11.6. The van der Waals surface area contributed by atoms with Crippen molar-refractivity contribution in [1.82, 2.24) is 4.98 Å². The molecule has 134 valence electrons. The van der Waals surface area contributed by atoms with Gasteiger partial charge in [-0.05, 0) is 30.2 Å². The van der Waals surface area contributed by atoms with Gasteiger partial charge in [0.15, 0.2) is 0 Å². The van der Waals surface area contributed by atoms with Crippen molar-refractivity contribution in [3.05, 3.63) is 127 Å². The molecule has 0 aliphatic carbocycles. The van der Waals surface area contributed by atoms with Crippen LogP contribution in [0.4, 0.5) is 0 Å². The van der Waals surface area contributed by atoms with Gasteiger partial charge in [0.25, 0.3) is 0 Å². The molecule has 0 spiro atoms. The van der Waals surface area contributed by atoms with Gasteiger partial charge in [-0.3, -0.25) is 4.98 Å². The summed E-state index contributed by atoms with van der Waals surface area (Å²) in [6.45, 7) is 2.32. The highest BCUT2D eigenvalue weighted by Gasteiger charge is 2.27. The van der Waals surface area contributed by atoms with Crippen LogP contribution in [0.25, 0.3) is 11.0 Å². The molecule has 0 aliphatic heterocycles. The van der Waals surface area contributed by atoms with Crippen molar-refractivity contribution in [2.45, 2.75) is 6.92 Å². The average molecular weight is 359 g/mol. The minimum atomic E-state index is 0.131. The van der Waals surface area contributed by atoms with Crippen LogP contribution in [0, 0.1) is 0 Å². The minimum absolute atomic E-state index is 0.131. The second kappa shape index (κ2) is 8.54. The van der Waals surface area contributed by atoms with Crippen LogP contribution in [0.3, 0.4) is 0 Å². The summed E-state index contributed by atoms with van der Waals surface area (Å²) in [4.78, 5) is 4.64. The lowest BCUT2D eigenvalue weighted by atomic mass is 9.34. The monoisotopic (exact) mass is 359 g/mol. The highest BCUT2D eigenvalue weighted by molar-refractivity contribution is 7.00. The van der Waals surface area contributed by atoms with E-state index in [0.717, 1.165) is 5.69 Å². The zero-order valence-corrected chi connectivity index (χ0v) is 16.0. The van der Waals surface area contributed by atoms with E-state index < -0.39 is 0 Å². The first-order valence-electron chi connectivity index (χ1n) is 9.62. The number of aromatic nitrogens is 1. The van der Waals surface area contributed by atoms with Crippen LogP contribution in [0.1, 0.15) is 18.2 Å². The Hall–Kier alpha value is -3.39. The molecule has 0 saturated carbocycles. The molecule has 1 nitrogen and oxygen atoms in total. The summed E-state index contributed by atoms with van der Waals surface area (Å²) in [5.74, 6) is 0. The van der Waals surface area contributed by atoms with E-state index in [1.807, 2.05) is 12.3 Å². The summed E-state index contributed by atoms with van der Waals surface area (Å²) in [6, 6.07) is 38.2. The second-order valence-electron chi connectivity index (χ2n) is 6.87. The van der Waals surface area contributed by atoms with Crippen molar-refractivity contribution in [2.75, 3.05) is 0 Å². The first kappa shape index (κ1) is 18.0. The zero-order chi connectivity index (χ0) is 19.2. The molecule has 0 amide bonds. The molecule has 3 aromatic carbocycles. The Labute approximate surface area is 167 Å². The largest absolute Gasteiger partial charge is 0.257 e. The fourth-order valence-electron chi connectivity index (χ4n) is 3.76. The van der Waals surface area contributed by atoms with Gasteiger partial charge in [-0.2, -0.15) is 0 Å². The Morgan fingerprint density at radius 1 is 0.607 bits per heavy atom. The lowest BCUT2D eigenvalue weighted by Gasteiger charge is -2.22. The average Bonchev–Trinajstić information content (AvgIpc) is 2.79. The number of benzene rings is 3. The number of pyridine rings is 1. The molecule has 0 aliphatic rings. The Morgan fingerprint density at radius 3 is 1.61 bits per heavy atom. The molecule has 1 heterocycles. The molecule has 4 aromatic rings. The maximum atomic E-state index is 4.64. The van der Waals surface area contributed by atoms with Gasteiger partial charge in [0.05, 0.1) is 5.69 Å². The Kier molecular flexibility index (Phi) is 5.49. The highest BCUT2D eigenvalue weighted by Crippen LogP contribution is 2.27. The Bertz CT molecular complexity index is 1000. The van der Waals surface area contributed by atoms with Crippen molar-refractivity contribution < 1.29 is 0 Å². The van der Waals surface area contributed by atoms with E-state index >= 15 is 0 Å². The van der Waals surface area contributed by atoms with Gasteiger partial charge in [-0.25, -0.2) is 0 Å². The van der Waals surface area contributed by atoms with Crippen molar-refractivity contribution in [1.29, 1.82) is 0 Å². The fraction of sp³-hybridized carbons (Fsp3) is 0.0385. The standard InChI is InChI=1S/C26H22BN/c1-21(25-19-11-12-20-28-25)26(22-13-5-2-6-14-22)27(23-15-7-3-8-16-23)24-17-9-4-10-18-24/h2-20H,1H3/b26-21-. The van der Waals surface area contributed by atoms with Crippen LogP contribution in [-0.4, -0.2) is 11.7 Å². The molecule has 0 bridgehead atoms. The highest BCUT2D eigenvalue weighted by atomic mass is 14.7. The molecule has 0 N–H and O–H groups in total. The van der Waals surface area contributed by atoms with Crippen molar-refractivity contribution in [2.24, 2.45) is 0 Å². The van der Waals surface area contributed by atoms with Gasteiger partial charge in [-0.15, -0.1) is 0 Å². The smallest absolute Gasteiger partial charge is 0.242 e.